The van der Waals surface area contributed by atoms with E-state index in [1.165, 1.54) is 17.2 Å². The van der Waals surface area contributed by atoms with Gasteiger partial charge >= 0.3 is 0 Å². The summed E-state index contributed by atoms with van der Waals surface area (Å²) in [5.74, 6) is -0.603. The third-order valence-corrected chi connectivity index (χ3v) is 5.99. The fraction of sp³-hybridized carbons (Fsp3) is 0.321. The predicted molar refractivity (Wildman–Crippen MR) is 137 cm³/mol. The van der Waals surface area contributed by atoms with Crippen LogP contribution in [0.2, 0.25) is 0 Å². The second-order valence-electron chi connectivity index (χ2n) is 8.54. The lowest BCUT2D eigenvalue weighted by atomic mass is 10.0. The average Bonchev–Trinajstić information content (AvgIpc) is 3.65. The van der Waals surface area contributed by atoms with E-state index in [4.69, 9.17) is 13.9 Å². The van der Waals surface area contributed by atoms with E-state index in [0.29, 0.717) is 36.8 Å². The van der Waals surface area contributed by atoms with Crippen molar-refractivity contribution in [2.75, 3.05) is 31.2 Å². The molecule has 0 aliphatic carbocycles. The molecule has 3 amide bonds. The summed E-state index contributed by atoms with van der Waals surface area (Å²) in [5.41, 5.74) is 1.12. The van der Waals surface area contributed by atoms with Gasteiger partial charge in [0.05, 0.1) is 25.5 Å². The number of nitrogens with zero attached hydrogens (tertiary/aromatic N) is 1. The molecule has 0 spiro atoms. The third kappa shape index (κ3) is 6.77. The molecule has 1 aliphatic heterocycles. The number of ether oxygens (including phenoxy) is 2. The van der Waals surface area contributed by atoms with Crippen LogP contribution in [0.5, 0.6) is 5.75 Å². The normalized spacial score (nSPS) is 15.5. The molecule has 37 heavy (non-hydrogen) atoms. The monoisotopic (exact) mass is 505 g/mol. The van der Waals surface area contributed by atoms with Crippen LogP contribution < -0.4 is 20.3 Å². The van der Waals surface area contributed by atoms with Gasteiger partial charge in [0.15, 0.2) is 5.76 Å². The first-order valence-corrected chi connectivity index (χ1v) is 12.4. The Bertz CT molecular complexity index is 1160. The third-order valence-electron chi connectivity index (χ3n) is 5.99. The van der Waals surface area contributed by atoms with E-state index in [1.54, 1.807) is 42.5 Å². The molecule has 1 saturated heterocycles. The van der Waals surface area contributed by atoms with Crippen molar-refractivity contribution in [3.05, 3.63) is 84.3 Å². The molecule has 0 bridgehead atoms. The van der Waals surface area contributed by atoms with Crippen molar-refractivity contribution in [1.29, 1.82) is 0 Å². The number of carbonyl (C=O) groups excluding carboxylic acids is 3. The number of amides is 3. The molecule has 1 aromatic heterocycles. The lowest BCUT2D eigenvalue weighted by Gasteiger charge is -2.32. The molecular formula is C28H31N3O6. The fourth-order valence-corrected chi connectivity index (χ4v) is 4.21. The second kappa shape index (κ2) is 12.7. The Kier molecular flexibility index (Phi) is 8.93. The molecule has 1 aliphatic rings. The minimum absolute atomic E-state index is 0.0532. The van der Waals surface area contributed by atoms with E-state index >= 15 is 0 Å². The first kappa shape index (κ1) is 26.0. The number of nitrogens with one attached hydrogen (secondary N) is 2. The molecule has 2 N–H and O–H groups in total. The summed E-state index contributed by atoms with van der Waals surface area (Å²) in [7, 11) is 0. The van der Waals surface area contributed by atoms with E-state index in [2.05, 4.69) is 10.6 Å². The molecule has 2 atom stereocenters. The highest BCUT2D eigenvalue weighted by molar-refractivity contribution is 6.04. The van der Waals surface area contributed by atoms with Gasteiger partial charge in [-0.15, -0.1) is 0 Å². The van der Waals surface area contributed by atoms with Crippen LogP contribution in [0.15, 0.2) is 77.4 Å². The van der Waals surface area contributed by atoms with Crippen LogP contribution in [0.3, 0.4) is 0 Å². The van der Waals surface area contributed by atoms with Gasteiger partial charge in [0, 0.05) is 18.8 Å². The molecular weight excluding hydrogens is 474 g/mol. The zero-order valence-corrected chi connectivity index (χ0v) is 20.7. The van der Waals surface area contributed by atoms with Gasteiger partial charge in [-0.2, -0.15) is 0 Å². The highest BCUT2D eigenvalue weighted by Gasteiger charge is 2.33. The van der Waals surface area contributed by atoms with Gasteiger partial charge in [0.2, 0.25) is 11.8 Å². The average molecular weight is 506 g/mol. The minimum atomic E-state index is -0.978. The molecule has 0 unspecified atom stereocenters. The van der Waals surface area contributed by atoms with Gasteiger partial charge in [0.25, 0.3) is 5.91 Å². The van der Waals surface area contributed by atoms with Crippen molar-refractivity contribution < 1.29 is 28.3 Å². The summed E-state index contributed by atoms with van der Waals surface area (Å²) in [5, 5.41) is 5.55. The number of hydrogen-bond acceptors (Lipinski definition) is 6. The largest absolute Gasteiger partial charge is 0.494 e. The Morgan fingerprint density at radius 3 is 2.46 bits per heavy atom. The maximum absolute atomic E-state index is 13.7. The number of benzene rings is 2. The Hall–Kier alpha value is -4.11. The Morgan fingerprint density at radius 1 is 1.03 bits per heavy atom. The zero-order valence-electron chi connectivity index (χ0n) is 20.7. The quantitative estimate of drug-likeness (QED) is 0.413. The van der Waals surface area contributed by atoms with Crippen LogP contribution >= 0.6 is 0 Å². The van der Waals surface area contributed by atoms with E-state index < -0.39 is 17.9 Å². The standard InChI is InChI=1S/C28H31N3O6/c1-2-35-22-14-12-21(13-15-22)31(25(32)19-30-27(33)24-11-7-17-37-24)26(20-8-4-3-5-9-20)28(34)29-18-23-10-6-16-36-23/h3-5,7-9,11-15,17,23,26H,2,6,10,16,18-19H2,1H3,(H,29,34)(H,30,33)/t23-,26+/m1/s1. The molecule has 194 valence electrons. The van der Waals surface area contributed by atoms with Gasteiger partial charge in [-0.05, 0) is 61.7 Å². The lowest BCUT2D eigenvalue weighted by Crippen LogP contribution is -2.48. The SMILES string of the molecule is CCOc1ccc(N(C(=O)CNC(=O)c2ccco2)[C@H](C(=O)NC[C@H]2CCCO2)c2ccccc2)cc1. The van der Waals surface area contributed by atoms with Crippen molar-refractivity contribution in [2.45, 2.75) is 31.9 Å². The summed E-state index contributed by atoms with van der Waals surface area (Å²) in [6, 6.07) is 18.1. The molecule has 3 aromatic rings. The van der Waals surface area contributed by atoms with Crippen LogP contribution in [0.4, 0.5) is 5.69 Å². The maximum Gasteiger partial charge on any atom is 0.287 e. The van der Waals surface area contributed by atoms with E-state index in [-0.39, 0.29) is 24.3 Å². The first-order chi connectivity index (χ1) is 18.1. The number of hydrogen-bond donors (Lipinski definition) is 2. The number of furan rings is 1. The van der Waals surface area contributed by atoms with E-state index in [1.807, 2.05) is 25.1 Å². The summed E-state index contributed by atoms with van der Waals surface area (Å²) in [6.45, 7) is 3.07. The molecule has 9 nitrogen and oxygen atoms in total. The van der Waals surface area contributed by atoms with Gasteiger partial charge < -0.3 is 24.5 Å². The summed E-state index contributed by atoms with van der Waals surface area (Å²) in [6.07, 6.45) is 3.15. The summed E-state index contributed by atoms with van der Waals surface area (Å²) >= 11 is 0. The van der Waals surface area contributed by atoms with Crippen molar-refractivity contribution in [3.8, 4) is 5.75 Å². The van der Waals surface area contributed by atoms with Crippen molar-refractivity contribution in [2.24, 2.45) is 0 Å². The van der Waals surface area contributed by atoms with E-state index in [0.717, 1.165) is 12.8 Å². The Balaban J connectivity index is 1.63. The summed E-state index contributed by atoms with van der Waals surface area (Å²) in [4.78, 5) is 41.1. The first-order valence-electron chi connectivity index (χ1n) is 12.4. The minimum Gasteiger partial charge on any atom is -0.494 e. The van der Waals surface area contributed by atoms with Crippen LogP contribution in [0, 0.1) is 0 Å². The smallest absolute Gasteiger partial charge is 0.287 e. The van der Waals surface area contributed by atoms with Crippen LogP contribution in [0.25, 0.3) is 0 Å². The molecule has 2 heterocycles. The maximum atomic E-state index is 13.7. The molecule has 4 rings (SSSR count). The Labute approximate surface area is 215 Å². The number of carbonyl (C=O) groups is 3. The topological polar surface area (TPSA) is 110 Å². The molecule has 2 aromatic carbocycles. The molecule has 0 radical (unpaired) electrons. The van der Waals surface area contributed by atoms with E-state index in [9.17, 15) is 14.4 Å². The van der Waals surface area contributed by atoms with Crippen molar-refractivity contribution >= 4 is 23.4 Å². The van der Waals surface area contributed by atoms with Crippen molar-refractivity contribution in [3.63, 3.8) is 0 Å². The number of anilines is 1. The summed E-state index contributed by atoms with van der Waals surface area (Å²) < 4.78 is 16.3. The fourth-order valence-electron chi connectivity index (χ4n) is 4.21. The highest BCUT2D eigenvalue weighted by Crippen LogP contribution is 2.30. The highest BCUT2D eigenvalue weighted by atomic mass is 16.5. The van der Waals surface area contributed by atoms with Crippen LogP contribution in [-0.4, -0.2) is 50.1 Å². The lowest BCUT2D eigenvalue weighted by molar-refractivity contribution is -0.126. The Morgan fingerprint density at radius 2 is 1.81 bits per heavy atom. The molecule has 9 heteroatoms. The predicted octanol–water partition coefficient (Wildman–Crippen LogP) is 3.48. The van der Waals surface area contributed by atoms with Gasteiger partial charge in [-0.3, -0.25) is 19.3 Å². The van der Waals surface area contributed by atoms with Gasteiger partial charge in [-0.1, -0.05) is 30.3 Å². The van der Waals surface area contributed by atoms with Gasteiger partial charge in [-0.25, -0.2) is 0 Å². The molecule has 0 saturated carbocycles. The van der Waals surface area contributed by atoms with Crippen LogP contribution in [0.1, 0.15) is 41.9 Å². The van der Waals surface area contributed by atoms with Crippen molar-refractivity contribution in [1.82, 2.24) is 10.6 Å². The van der Waals surface area contributed by atoms with Crippen LogP contribution in [-0.2, 0) is 14.3 Å². The van der Waals surface area contributed by atoms with Gasteiger partial charge in [0.1, 0.15) is 11.8 Å². The zero-order chi connectivity index (χ0) is 26.0. The molecule has 1 fully saturated rings. The number of rotatable bonds is 11. The second-order valence-corrected chi connectivity index (χ2v) is 8.54.